The van der Waals surface area contributed by atoms with E-state index >= 15 is 0 Å². The van der Waals surface area contributed by atoms with Gasteiger partial charge < -0.3 is 15.6 Å². The van der Waals surface area contributed by atoms with Crippen molar-refractivity contribution >= 4 is 0 Å². The predicted molar refractivity (Wildman–Crippen MR) is 118 cm³/mol. The first kappa shape index (κ1) is 21.1. The number of pyridine rings is 2. The summed E-state index contributed by atoms with van der Waals surface area (Å²) in [6.45, 7) is 1.98. The highest BCUT2D eigenvalue weighted by atomic mass is 16.5. The second kappa shape index (κ2) is 9.31. The van der Waals surface area contributed by atoms with Crippen molar-refractivity contribution in [2.75, 3.05) is 6.54 Å². The third kappa shape index (κ3) is 4.59. The van der Waals surface area contributed by atoms with Crippen LogP contribution in [0.1, 0.15) is 22.9 Å². The van der Waals surface area contributed by atoms with Crippen LogP contribution in [0.4, 0.5) is 0 Å². The number of aromatic nitrogens is 4. The second-order valence-electron chi connectivity index (χ2n) is 7.07. The zero-order chi connectivity index (χ0) is 22.5. The molecule has 0 fully saturated rings. The van der Waals surface area contributed by atoms with Gasteiger partial charge in [-0.1, -0.05) is 6.07 Å². The lowest BCUT2D eigenvalue weighted by Gasteiger charge is -2.14. The van der Waals surface area contributed by atoms with Crippen molar-refractivity contribution in [3.63, 3.8) is 0 Å². The molecule has 4 rings (SSSR count). The van der Waals surface area contributed by atoms with E-state index in [9.17, 15) is 10.4 Å². The molecule has 1 atom stereocenters. The fourth-order valence-corrected chi connectivity index (χ4v) is 3.17. The Bertz CT molecular complexity index is 1270. The molecular formula is C24H20N6O2. The number of aliphatic hydroxyl groups excluding tert-OH is 1. The first-order valence-corrected chi connectivity index (χ1v) is 9.89. The number of nitrogens with two attached hydrogens (primary N) is 1. The summed E-state index contributed by atoms with van der Waals surface area (Å²) in [5.74, 6) is 1.02. The van der Waals surface area contributed by atoms with Gasteiger partial charge in [-0.05, 0) is 31.2 Å². The average Bonchev–Trinajstić information content (AvgIpc) is 2.84. The largest absolute Gasteiger partial charge is 0.456 e. The molecule has 8 heteroatoms. The van der Waals surface area contributed by atoms with Gasteiger partial charge in [0.05, 0.1) is 35.3 Å². The number of rotatable bonds is 6. The molecule has 1 aromatic carbocycles. The Balaban J connectivity index is 1.73. The van der Waals surface area contributed by atoms with Crippen LogP contribution in [0.25, 0.3) is 22.6 Å². The average molecular weight is 424 g/mol. The normalized spacial score (nSPS) is 11.6. The van der Waals surface area contributed by atoms with Gasteiger partial charge in [0, 0.05) is 54.1 Å². The van der Waals surface area contributed by atoms with E-state index in [4.69, 9.17) is 10.5 Å². The number of benzene rings is 1. The van der Waals surface area contributed by atoms with E-state index in [2.05, 4.69) is 26.0 Å². The fraction of sp³-hybridized carbons (Fsp3) is 0.125. The number of aliphatic hydroxyl groups is 1. The Morgan fingerprint density at radius 2 is 1.91 bits per heavy atom. The molecule has 0 unspecified atom stereocenters. The minimum absolute atomic E-state index is 0.113. The highest BCUT2D eigenvalue weighted by Crippen LogP contribution is 2.34. The van der Waals surface area contributed by atoms with Crippen LogP contribution in [0.15, 0.2) is 67.3 Å². The monoisotopic (exact) mass is 424 g/mol. The maximum Gasteiger partial charge on any atom is 0.138 e. The van der Waals surface area contributed by atoms with Crippen LogP contribution in [-0.2, 0) is 0 Å². The summed E-state index contributed by atoms with van der Waals surface area (Å²) >= 11 is 0. The van der Waals surface area contributed by atoms with Gasteiger partial charge in [-0.3, -0.25) is 19.9 Å². The van der Waals surface area contributed by atoms with Crippen molar-refractivity contribution in [1.82, 2.24) is 19.9 Å². The number of hydrogen-bond acceptors (Lipinski definition) is 8. The van der Waals surface area contributed by atoms with Gasteiger partial charge >= 0.3 is 0 Å². The maximum atomic E-state index is 9.91. The Hall–Kier alpha value is -4.19. The lowest BCUT2D eigenvalue weighted by Crippen LogP contribution is -2.11. The zero-order valence-corrected chi connectivity index (χ0v) is 17.3. The van der Waals surface area contributed by atoms with Crippen LogP contribution in [0.5, 0.6) is 11.5 Å². The summed E-state index contributed by atoms with van der Waals surface area (Å²) in [6, 6.07) is 14.4. The topological polar surface area (TPSA) is 131 Å². The number of nitriles is 1. The smallest absolute Gasteiger partial charge is 0.138 e. The standard InChI is InChI=1S/C24H20N6O2/c1-15-8-18(10-21(30-15)22-14-27-6-7-28-22)32-24-9-16(11-25)2-4-19(24)20-5-3-17(13-29-20)23(31)12-26/h2-10,13-14,23,31H,12,26H2,1H3/t23-/m1/s1. The molecule has 32 heavy (non-hydrogen) atoms. The number of hydrogen-bond donors (Lipinski definition) is 2. The van der Waals surface area contributed by atoms with Crippen molar-refractivity contribution in [1.29, 1.82) is 5.26 Å². The third-order valence-electron chi connectivity index (χ3n) is 4.76. The summed E-state index contributed by atoms with van der Waals surface area (Å²) < 4.78 is 6.20. The highest BCUT2D eigenvalue weighted by molar-refractivity contribution is 5.69. The molecule has 8 nitrogen and oxygen atoms in total. The quantitative estimate of drug-likeness (QED) is 0.480. The Morgan fingerprint density at radius 3 is 2.59 bits per heavy atom. The molecule has 3 aromatic heterocycles. The lowest BCUT2D eigenvalue weighted by atomic mass is 10.1. The number of ether oxygens (including phenoxy) is 1. The Labute approximate surface area is 185 Å². The van der Waals surface area contributed by atoms with Crippen molar-refractivity contribution in [2.24, 2.45) is 5.73 Å². The highest BCUT2D eigenvalue weighted by Gasteiger charge is 2.14. The molecule has 0 saturated heterocycles. The molecule has 158 valence electrons. The van der Waals surface area contributed by atoms with Crippen LogP contribution in [0, 0.1) is 18.3 Å². The van der Waals surface area contributed by atoms with Gasteiger partial charge in [-0.15, -0.1) is 0 Å². The summed E-state index contributed by atoms with van der Waals surface area (Å²) in [5, 5.41) is 19.3. The first-order valence-electron chi connectivity index (χ1n) is 9.89. The third-order valence-corrected chi connectivity index (χ3v) is 4.76. The van der Waals surface area contributed by atoms with Crippen LogP contribution >= 0.6 is 0 Å². The SMILES string of the molecule is Cc1cc(Oc2cc(C#N)ccc2-c2ccc([C@H](O)CN)cn2)cc(-c2cnccn2)n1. The molecular weight excluding hydrogens is 404 g/mol. The number of nitrogens with zero attached hydrogens (tertiary/aromatic N) is 5. The van der Waals surface area contributed by atoms with E-state index < -0.39 is 6.10 Å². The van der Waals surface area contributed by atoms with Gasteiger partial charge in [-0.25, -0.2) is 0 Å². The summed E-state index contributed by atoms with van der Waals surface area (Å²) in [4.78, 5) is 17.4. The molecule has 4 aromatic rings. The molecule has 0 aliphatic heterocycles. The van der Waals surface area contributed by atoms with E-state index in [1.54, 1.807) is 67.3 Å². The van der Waals surface area contributed by atoms with E-state index in [-0.39, 0.29) is 6.54 Å². The van der Waals surface area contributed by atoms with E-state index in [0.717, 1.165) is 5.69 Å². The minimum Gasteiger partial charge on any atom is -0.456 e. The lowest BCUT2D eigenvalue weighted by molar-refractivity contribution is 0.186. The van der Waals surface area contributed by atoms with E-state index in [1.807, 2.05) is 6.92 Å². The second-order valence-corrected chi connectivity index (χ2v) is 7.07. The molecule has 0 amide bonds. The predicted octanol–water partition coefficient (Wildman–Crippen LogP) is 3.57. The summed E-state index contributed by atoms with van der Waals surface area (Å²) in [6.07, 6.45) is 5.64. The van der Waals surface area contributed by atoms with Gasteiger partial charge in [0.1, 0.15) is 17.2 Å². The first-order chi connectivity index (χ1) is 15.6. The zero-order valence-electron chi connectivity index (χ0n) is 17.3. The van der Waals surface area contributed by atoms with Gasteiger partial charge in [0.2, 0.25) is 0 Å². The van der Waals surface area contributed by atoms with Gasteiger partial charge in [-0.2, -0.15) is 5.26 Å². The van der Waals surface area contributed by atoms with Crippen LogP contribution in [-0.4, -0.2) is 31.6 Å². The van der Waals surface area contributed by atoms with Gasteiger partial charge in [0.15, 0.2) is 0 Å². The fourth-order valence-electron chi connectivity index (χ4n) is 3.17. The van der Waals surface area contributed by atoms with Crippen molar-refractivity contribution < 1.29 is 9.84 Å². The van der Waals surface area contributed by atoms with Crippen LogP contribution < -0.4 is 10.5 Å². The Kier molecular flexibility index (Phi) is 6.12. The maximum absolute atomic E-state index is 9.91. The van der Waals surface area contributed by atoms with Crippen LogP contribution in [0.3, 0.4) is 0 Å². The molecule has 3 N–H and O–H groups in total. The molecule has 3 heterocycles. The minimum atomic E-state index is -0.771. The summed E-state index contributed by atoms with van der Waals surface area (Å²) in [7, 11) is 0. The van der Waals surface area contributed by atoms with E-state index in [0.29, 0.717) is 45.3 Å². The molecule has 0 saturated carbocycles. The molecule has 0 aliphatic rings. The number of aryl methyl sites for hydroxylation is 1. The van der Waals surface area contributed by atoms with Crippen LogP contribution in [0.2, 0.25) is 0 Å². The molecule has 0 spiro atoms. The van der Waals surface area contributed by atoms with Gasteiger partial charge in [0.25, 0.3) is 0 Å². The molecule has 0 radical (unpaired) electrons. The molecule has 0 bridgehead atoms. The van der Waals surface area contributed by atoms with Crippen molar-refractivity contribution in [3.8, 4) is 40.2 Å². The van der Waals surface area contributed by atoms with E-state index in [1.165, 1.54) is 0 Å². The Morgan fingerprint density at radius 1 is 1.03 bits per heavy atom. The van der Waals surface area contributed by atoms with Crippen molar-refractivity contribution in [2.45, 2.75) is 13.0 Å². The van der Waals surface area contributed by atoms with Crippen molar-refractivity contribution in [3.05, 3.63) is 84.1 Å². The summed E-state index contributed by atoms with van der Waals surface area (Å²) in [5.41, 5.74) is 9.95. The molecule has 0 aliphatic carbocycles.